The summed E-state index contributed by atoms with van der Waals surface area (Å²) in [6, 6.07) is 6.89. The Morgan fingerprint density at radius 2 is 2.22 bits per heavy atom. The molecule has 0 aromatic heterocycles. The van der Waals surface area contributed by atoms with Crippen LogP contribution in [0, 0.1) is 11.7 Å². The van der Waals surface area contributed by atoms with Crippen LogP contribution in [0.1, 0.15) is 38.7 Å². The molecule has 2 rings (SSSR count). The van der Waals surface area contributed by atoms with E-state index in [2.05, 4.69) is 0 Å². The van der Waals surface area contributed by atoms with Gasteiger partial charge in [0.2, 0.25) is 5.91 Å². The molecule has 1 unspecified atom stereocenters. The van der Waals surface area contributed by atoms with Crippen molar-refractivity contribution in [1.82, 2.24) is 4.90 Å². The molecule has 1 atom stereocenters. The van der Waals surface area contributed by atoms with Gasteiger partial charge in [-0.3, -0.25) is 4.79 Å². The van der Waals surface area contributed by atoms with E-state index < -0.39 is 0 Å². The van der Waals surface area contributed by atoms with Crippen molar-refractivity contribution in [1.29, 1.82) is 0 Å². The Morgan fingerprint density at radius 1 is 1.50 bits per heavy atom. The summed E-state index contributed by atoms with van der Waals surface area (Å²) in [5.41, 5.74) is 0.874. The van der Waals surface area contributed by atoms with E-state index >= 15 is 0 Å². The highest BCUT2D eigenvalue weighted by atomic mass is 19.1. The van der Waals surface area contributed by atoms with Crippen LogP contribution in [0.5, 0.6) is 0 Å². The Kier molecular flexibility index (Phi) is 4.00. The van der Waals surface area contributed by atoms with Crippen LogP contribution in [0.4, 0.5) is 4.39 Å². The molecular weight excluding hydrogens is 229 g/mol. The second kappa shape index (κ2) is 5.51. The lowest BCUT2D eigenvalue weighted by Crippen LogP contribution is -2.36. The molecule has 18 heavy (non-hydrogen) atoms. The molecule has 2 nitrogen and oxygen atoms in total. The lowest BCUT2D eigenvalue weighted by molar-refractivity contribution is -0.136. The van der Waals surface area contributed by atoms with E-state index in [-0.39, 0.29) is 17.6 Å². The summed E-state index contributed by atoms with van der Waals surface area (Å²) >= 11 is 0. The van der Waals surface area contributed by atoms with Gasteiger partial charge in [0.25, 0.3) is 0 Å². The molecule has 98 valence electrons. The zero-order valence-corrected chi connectivity index (χ0v) is 11.0. The van der Waals surface area contributed by atoms with Gasteiger partial charge in [-0.2, -0.15) is 0 Å². The summed E-state index contributed by atoms with van der Waals surface area (Å²) in [7, 11) is 0. The van der Waals surface area contributed by atoms with Crippen LogP contribution in [0.15, 0.2) is 24.3 Å². The van der Waals surface area contributed by atoms with Gasteiger partial charge in [-0.05, 0) is 37.0 Å². The van der Waals surface area contributed by atoms with Crippen molar-refractivity contribution >= 4 is 5.91 Å². The number of carbonyl (C=O) groups excluding carboxylic acids is 1. The van der Waals surface area contributed by atoms with Gasteiger partial charge in [0.1, 0.15) is 5.82 Å². The number of carbonyl (C=O) groups is 1. The fraction of sp³-hybridized carbons (Fsp3) is 0.533. The molecule has 0 radical (unpaired) electrons. The first-order valence-corrected chi connectivity index (χ1v) is 6.66. The number of rotatable bonds is 5. The average molecular weight is 249 g/mol. The largest absolute Gasteiger partial charge is 0.335 e. The van der Waals surface area contributed by atoms with E-state index in [1.54, 1.807) is 6.07 Å². The van der Waals surface area contributed by atoms with Crippen LogP contribution >= 0.6 is 0 Å². The van der Waals surface area contributed by atoms with Gasteiger partial charge in [0.15, 0.2) is 0 Å². The average Bonchev–Trinajstić information content (AvgIpc) is 3.18. The highest BCUT2D eigenvalue weighted by Crippen LogP contribution is 2.30. The van der Waals surface area contributed by atoms with Gasteiger partial charge >= 0.3 is 0 Å². The molecule has 1 fully saturated rings. The zero-order valence-electron chi connectivity index (χ0n) is 11.0. The van der Waals surface area contributed by atoms with E-state index in [4.69, 9.17) is 0 Å². The summed E-state index contributed by atoms with van der Waals surface area (Å²) in [5.74, 6) is 0.0163. The maximum Gasteiger partial charge on any atom is 0.225 e. The highest BCUT2D eigenvalue weighted by molar-refractivity contribution is 5.79. The minimum Gasteiger partial charge on any atom is -0.335 e. The first-order valence-electron chi connectivity index (χ1n) is 6.66. The Labute approximate surface area is 108 Å². The topological polar surface area (TPSA) is 20.3 Å². The highest BCUT2D eigenvalue weighted by Gasteiger charge is 2.33. The molecule has 0 saturated heterocycles. The number of hydrogen-bond donors (Lipinski definition) is 0. The van der Waals surface area contributed by atoms with Crippen LogP contribution in [-0.4, -0.2) is 16.8 Å². The Balaban J connectivity index is 2.09. The van der Waals surface area contributed by atoms with Crippen LogP contribution in [0.25, 0.3) is 0 Å². The van der Waals surface area contributed by atoms with Crippen LogP contribution in [-0.2, 0) is 11.3 Å². The lowest BCUT2D eigenvalue weighted by Gasteiger charge is -2.25. The van der Waals surface area contributed by atoms with Gasteiger partial charge in [-0.1, -0.05) is 26.0 Å². The minimum absolute atomic E-state index is 0.0548. The molecule has 1 aromatic carbocycles. The van der Waals surface area contributed by atoms with Crippen molar-refractivity contribution in [2.45, 2.75) is 45.7 Å². The molecule has 0 spiro atoms. The van der Waals surface area contributed by atoms with E-state index in [0.717, 1.165) is 24.8 Å². The molecule has 0 heterocycles. The third kappa shape index (κ3) is 3.09. The predicted octanol–water partition coefficient (Wildman–Crippen LogP) is 3.36. The molecular formula is C15H20FNO. The molecule has 3 heteroatoms. The Hall–Kier alpha value is -1.38. The van der Waals surface area contributed by atoms with Crippen LogP contribution in [0.2, 0.25) is 0 Å². The summed E-state index contributed by atoms with van der Waals surface area (Å²) in [6.07, 6.45) is 3.01. The van der Waals surface area contributed by atoms with Crippen LogP contribution < -0.4 is 0 Å². The van der Waals surface area contributed by atoms with Crippen molar-refractivity contribution in [3.63, 3.8) is 0 Å². The fourth-order valence-electron chi connectivity index (χ4n) is 2.06. The maximum absolute atomic E-state index is 13.2. The minimum atomic E-state index is -0.237. The molecule has 0 bridgehead atoms. The van der Waals surface area contributed by atoms with Crippen LogP contribution in [0.3, 0.4) is 0 Å². The summed E-state index contributed by atoms with van der Waals surface area (Å²) in [4.78, 5) is 14.2. The Bertz CT molecular complexity index is 428. The van der Waals surface area contributed by atoms with E-state index in [1.165, 1.54) is 12.1 Å². The van der Waals surface area contributed by atoms with Gasteiger partial charge < -0.3 is 4.90 Å². The molecule has 1 amide bonds. The standard InChI is InChI=1S/C15H20FNO/c1-3-11(2)15(18)17(14-7-8-14)10-12-5-4-6-13(16)9-12/h4-6,9,11,14H,3,7-8,10H2,1-2H3. The fourth-order valence-corrected chi connectivity index (χ4v) is 2.06. The summed E-state index contributed by atoms with van der Waals surface area (Å²) in [6.45, 7) is 4.52. The second-order valence-electron chi connectivity index (χ2n) is 5.14. The van der Waals surface area contributed by atoms with Gasteiger partial charge in [0.05, 0.1) is 0 Å². The summed E-state index contributed by atoms with van der Waals surface area (Å²) < 4.78 is 13.2. The zero-order chi connectivity index (χ0) is 13.1. The quantitative estimate of drug-likeness (QED) is 0.783. The number of amides is 1. The van der Waals surface area contributed by atoms with E-state index in [1.807, 2.05) is 24.8 Å². The summed E-state index contributed by atoms with van der Waals surface area (Å²) in [5, 5.41) is 0. The van der Waals surface area contributed by atoms with Crippen molar-refractivity contribution in [2.75, 3.05) is 0 Å². The van der Waals surface area contributed by atoms with Gasteiger partial charge in [-0.25, -0.2) is 4.39 Å². The van der Waals surface area contributed by atoms with Crippen molar-refractivity contribution in [3.8, 4) is 0 Å². The SMILES string of the molecule is CCC(C)C(=O)N(Cc1cccc(F)c1)C1CC1. The molecule has 1 saturated carbocycles. The van der Waals surface area contributed by atoms with Crippen molar-refractivity contribution in [3.05, 3.63) is 35.6 Å². The van der Waals surface area contributed by atoms with Crippen molar-refractivity contribution in [2.24, 2.45) is 5.92 Å². The molecule has 0 aliphatic heterocycles. The third-order valence-electron chi connectivity index (χ3n) is 3.55. The maximum atomic E-state index is 13.2. The number of halogens is 1. The molecule has 1 aliphatic carbocycles. The monoisotopic (exact) mass is 249 g/mol. The predicted molar refractivity (Wildman–Crippen MR) is 69.4 cm³/mol. The molecule has 1 aliphatic rings. The first kappa shape index (κ1) is 13.1. The Morgan fingerprint density at radius 3 is 2.78 bits per heavy atom. The van der Waals surface area contributed by atoms with Crippen molar-refractivity contribution < 1.29 is 9.18 Å². The number of nitrogens with zero attached hydrogens (tertiary/aromatic N) is 1. The first-order chi connectivity index (χ1) is 8.61. The van der Waals surface area contributed by atoms with Gasteiger partial charge in [-0.15, -0.1) is 0 Å². The molecule has 1 aromatic rings. The number of hydrogen-bond acceptors (Lipinski definition) is 1. The number of benzene rings is 1. The second-order valence-corrected chi connectivity index (χ2v) is 5.14. The smallest absolute Gasteiger partial charge is 0.225 e. The van der Waals surface area contributed by atoms with E-state index in [0.29, 0.717) is 12.6 Å². The van der Waals surface area contributed by atoms with E-state index in [9.17, 15) is 9.18 Å². The van der Waals surface area contributed by atoms with Gasteiger partial charge in [0, 0.05) is 18.5 Å². The molecule has 0 N–H and O–H groups in total. The normalized spacial score (nSPS) is 16.4. The third-order valence-corrected chi connectivity index (χ3v) is 3.55. The lowest BCUT2D eigenvalue weighted by atomic mass is 10.1.